The van der Waals surface area contributed by atoms with Crippen molar-refractivity contribution < 1.29 is 9.53 Å². The normalized spacial score (nSPS) is 32.2. The standard InChI is InChI=1S/C8H15NO2/c1-5(2)7-8(10)11-4-6(3)9-7/h5-7,9H,4H2,1-3H3/t6-,7+/m1/s1. The van der Waals surface area contributed by atoms with Crippen molar-refractivity contribution in [2.75, 3.05) is 6.61 Å². The van der Waals surface area contributed by atoms with E-state index >= 15 is 0 Å². The average molecular weight is 157 g/mol. The van der Waals surface area contributed by atoms with E-state index in [1.165, 1.54) is 0 Å². The summed E-state index contributed by atoms with van der Waals surface area (Å²) in [5, 5.41) is 3.19. The van der Waals surface area contributed by atoms with Crippen LogP contribution in [0.15, 0.2) is 0 Å². The van der Waals surface area contributed by atoms with Crippen LogP contribution in [-0.2, 0) is 9.53 Å². The monoisotopic (exact) mass is 157 g/mol. The van der Waals surface area contributed by atoms with Crippen molar-refractivity contribution in [2.24, 2.45) is 5.92 Å². The van der Waals surface area contributed by atoms with E-state index in [-0.39, 0.29) is 12.0 Å². The van der Waals surface area contributed by atoms with E-state index in [2.05, 4.69) is 5.32 Å². The molecule has 1 fully saturated rings. The van der Waals surface area contributed by atoms with Gasteiger partial charge in [0.15, 0.2) is 0 Å². The Morgan fingerprint density at radius 2 is 2.27 bits per heavy atom. The second-order valence-electron chi connectivity index (χ2n) is 3.42. The van der Waals surface area contributed by atoms with Gasteiger partial charge in [0.25, 0.3) is 0 Å². The molecule has 0 spiro atoms. The van der Waals surface area contributed by atoms with Gasteiger partial charge in [0, 0.05) is 6.04 Å². The van der Waals surface area contributed by atoms with Crippen molar-refractivity contribution in [3.63, 3.8) is 0 Å². The molecule has 1 saturated heterocycles. The highest BCUT2D eigenvalue weighted by Gasteiger charge is 2.29. The third-order valence-corrected chi connectivity index (χ3v) is 1.86. The van der Waals surface area contributed by atoms with Gasteiger partial charge in [-0.2, -0.15) is 0 Å². The van der Waals surface area contributed by atoms with Crippen LogP contribution < -0.4 is 5.32 Å². The SMILES string of the molecule is CC(C)[C@@H]1N[C@H](C)COC1=O. The molecule has 0 aromatic heterocycles. The molecule has 0 unspecified atom stereocenters. The molecule has 1 aliphatic heterocycles. The van der Waals surface area contributed by atoms with E-state index in [1.807, 2.05) is 20.8 Å². The minimum atomic E-state index is -0.113. The summed E-state index contributed by atoms with van der Waals surface area (Å²) in [6.07, 6.45) is 0. The van der Waals surface area contributed by atoms with Crippen LogP contribution in [0, 0.1) is 5.92 Å². The highest BCUT2D eigenvalue weighted by molar-refractivity contribution is 5.76. The molecule has 1 rings (SSSR count). The van der Waals surface area contributed by atoms with Crippen LogP contribution in [0.4, 0.5) is 0 Å². The lowest BCUT2D eigenvalue weighted by atomic mass is 10.0. The van der Waals surface area contributed by atoms with E-state index in [0.29, 0.717) is 18.6 Å². The van der Waals surface area contributed by atoms with Crippen molar-refractivity contribution in [2.45, 2.75) is 32.9 Å². The molecule has 0 aliphatic carbocycles. The largest absolute Gasteiger partial charge is 0.463 e. The Bertz CT molecular complexity index is 156. The first kappa shape index (κ1) is 8.53. The Labute approximate surface area is 67.1 Å². The molecular formula is C8H15NO2. The maximum Gasteiger partial charge on any atom is 0.323 e. The summed E-state index contributed by atoms with van der Waals surface area (Å²) >= 11 is 0. The van der Waals surface area contributed by atoms with E-state index in [1.54, 1.807) is 0 Å². The van der Waals surface area contributed by atoms with Crippen LogP contribution in [0.25, 0.3) is 0 Å². The van der Waals surface area contributed by atoms with Gasteiger partial charge < -0.3 is 4.74 Å². The molecule has 0 aromatic rings. The lowest BCUT2D eigenvalue weighted by molar-refractivity contribution is -0.152. The topological polar surface area (TPSA) is 38.3 Å². The fourth-order valence-corrected chi connectivity index (χ4v) is 1.18. The Morgan fingerprint density at radius 3 is 2.73 bits per heavy atom. The van der Waals surface area contributed by atoms with Gasteiger partial charge >= 0.3 is 5.97 Å². The summed E-state index contributed by atoms with van der Waals surface area (Å²) in [5.74, 6) is 0.198. The molecule has 0 amide bonds. The number of morpholine rings is 1. The zero-order chi connectivity index (χ0) is 8.43. The Kier molecular flexibility index (Phi) is 2.49. The highest BCUT2D eigenvalue weighted by Crippen LogP contribution is 2.09. The van der Waals surface area contributed by atoms with Gasteiger partial charge in [-0.1, -0.05) is 13.8 Å². The summed E-state index contributed by atoms with van der Waals surface area (Å²) < 4.78 is 4.96. The number of cyclic esters (lactones) is 1. The smallest absolute Gasteiger partial charge is 0.323 e. The molecule has 1 aliphatic rings. The molecule has 3 heteroatoms. The zero-order valence-electron chi connectivity index (χ0n) is 7.26. The second kappa shape index (κ2) is 3.22. The van der Waals surface area contributed by atoms with Gasteiger partial charge in [0.1, 0.15) is 12.6 Å². The van der Waals surface area contributed by atoms with Crippen molar-refractivity contribution in [3.05, 3.63) is 0 Å². The molecule has 11 heavy (non-hydrogen) atoms. The Morgan fingerprint density at radius 1 is 1.64 bits per heavy atom. The van der Waals surface area contributed by atoms with Crippen molar-refractivity contribution >= 4 is 5.97 Å². The number of nitrogens with one attached hydrogen (secondary N) is 1. The molecule has 3 nitrogen and oxygen atoms in total. The predicted molar refractivity (Wildman–Crippen MR) is 42.2 cm³/mol. The first-order valence-electron chi connectivity index (χ1n) is 4.04. The zero-order valence-corrected chi connectivity index (χ0v) is 7.26. The number of esters is 1. The predicted octanol–water partition coefficient (Wildman–Crippen LogP) is 0.546. The van der Waals surface area contributed by atoms with Crippen molar-refractivity contribution in [1.29, 1.82) is 0 Å². The molecule has 0 aromatic carbocycles. The Balaban J connectivity index is 2.54. The minimum Gasteiger partial charge on any atom is -0.463 e. The molecule has 2 atom stereocenters. The summed E-state index contributed by atoms with van der Waals surface area (Å²) in [6, 6.07) is 0.179. The second-order valence-corrected chi connectivity index (χ2v) is 3.42. The number of carbonyl (C=O) groups is 1. The fraction of sp³-hybridized carbons (Fsp3) is 0.875. The van der Waals surface area contributed by atoms with Crippen LogP contribution in [0.3, 0.4) is 0 Å². The van der Waals surface area contributed by atoms with E-state index < -0.39 is 0 Å². The lowest BCUT2D eigenvalue weighted by Gasteiger charge is -2.29. The van der Waals surface area contributed by atoms with Gasteiger partial charge in [-0.05, 0) is 12.8 Å². The molecule has 0 bridgehead atoms. The maximum absolute atomic E-state index is 11.1. The van der Waals surface area contributed by atoms with Gasteiger partial charge in [-0.25, -0.2) is 0 Å². The van der Waals surface area contributed by atoms with Crippen LogP contribution in [0.1, 0.15) is 20.8 Å². The Hall–Kier alpha value is -0.570. The molecule has 1 heterocycles. The van der Waals surface area contributed by atoms with Gasteiger partial charge in [0.2, 0.25) is 0 Å². The van der Waals surface area contributed by atoms with Crippen LogP contribution >= 0.6 is 0 Å². The first-order valence-corrected chi connectivity index (χ1v) is 4.04. The van der Waals surface area contributed by atoms with Gasteiger partial charge in [-0.15, -0.1) is 0 Å². The number of ether oxygens (including phenoxy) is 1. The summed E-state index contributed by atoms with van der Waals surface area (Å²) in [7, 11) is 0. The fourth-order valence-electron chi connectivity index (χ4n) is 1.18. The molecule has 1 N–H and O–H groups in total. The third kappa shape index (κ3) is 1.93. The summed E-state index contributed by atoms with van der Waals surface area (Å²) in [5.41, 5.74) is 0. The summed E-state index contributed by atoms with van der Waals surface area (Å²) in [6.45, 7) is 6.54. The van der Waals surface area contributed by atoms with E-state index in [4.69, 9.17) is 4.74 Å². The first-order chi connectivity index (χ1) is 5.11. The number of hydrogen-bond donors (Lipinski definition) is 1. The molecular weight excluding hydrogens is 142 g/mol. The molecule has 0 radical (unpaired) electrons. The van der Waals surface area contributed by atoms with Crippen molar-refractivity contribution in [3.8, 4) is 0 Å². The van der Waals surface area contributed by atoms with Gasteiger partial charge in [0.05, 0.1) is 0 Å². The molecule has 0 saturated carbocycles. The van der Waals surface area contributed by atoms with Gasteiger partial charge in [-0.3, -0.25) is 10.1 Å². The van der Waals surface area contributed by atoms with Crippen molar-refractivity contribution in [1.82, 2.24) is 5.32 Å². The van der Waals surface area contributed by atoms with E-state index in [9.17, 15) is 4.79 Å². The lowest BCUT2D eigenvalue weighted by Crippen LogP contribution is -2.52. The quantitative estimate of drug-likeness (QED) is 0.565. The minimum absolute atomic E-state index is 0.112. The highest BCUT2D eigenvalue weighted by atomic mass is 16.5. The number of rotatable bonds is 1. The maximum atomic E-state index is 11.1. The van der Waals surface area contributed by atoms with E-state index in [0.717, 1.165) is 0 Å². The van der Waals surface area contributed by atoms with Crippen LogP contribution in [0.2, 0.25) is 0 Å². The van der Waals surface area contributed by atoms with Crippen LogP contribution in [-0.4, -0.2) is 24.7 Å². The average Bonchev–Trinajstić information content (AvgIpc) is 1.94. The number of hydrogen-bond acceptors (Lipinski definition) is 3. The number of carbonyl (C=O) groups excluding carboxylic acids is 1. The molecule has 64 valence electrons. The van der Waals surface area contributed by atoms with Crippen LogP contribution in [0.5, 0.6) is 0 Å². The summed E-state index contributed by atoms with van der Waals surface area (Å²) in [4.78, 5) is 11.1. The third-order valence-electron chi connectivity index (χ3n) is 1.86.